The zero-order valence-corrected chi connectivity index (χ0v) is 10.5. The lowest BCUT2D eigenvalue weighted by atomic mass is 10.1. The van der Waals surface area contributed by atoms with Gasteiger partial charge in [0.15, 0.2) is 6.04 Å². The number of hydrogen-bond acceptors (Lipinski definition) is 2. The van der Waals surface area contributed by atoms with Crippen molar-refractivity contribution in [3.8, 4) is 0 Å². The van der Waals surface area contributed by atoms with Gasteiger partial charge in [0.1, 0.15) is 0 Å². The minimum Gasteiger partial charge on any atom is -0.479 e. The van der Waals surface area contributed by atoms with Gasteiger partial charge in [0.2, 0.25) is 5.91 Å². The zero-order chi connectivity index (χ0) is 13.1. The van der Waals surface area contributed by atoms with E-state index in [2.05, 4.69) is 0 Å². The highest BCUT2D eigenvalue weighted by atomic mass is 35.5. The number of hydrogen-bond donors (Lipinski definition) is 1. The summed E-state index contributed by atoms with van der Waals surface area (Å²) in [5, 5.41) is 9.34. The van der Waals surface area contributed by atoms with Crippen LogP contribution in [0.15, 0.2) is 30.3 Å². The van der Waals surface area contributed by atoms with Crippen LogP contribution < -0.4 is 0 Å². The molecule has 4 nitrogen and oxygen atoms in total. The Morgan fingerprint density at radius 2 is 2.11 bits per heavy atom. The topological polar surface area (TPSA) is 57.6 Å². The van der Waals surface area contributed by atoms with Crippen LogP contribution in [0.2, 0.25) is 0 Å². The Morgan fingerprint density at radius 3 is 2.61 bits per heavy atom. The Labute approximate surface area is 110 Å². The number of benzene rings is 1. The predicted molar refractivity (Wildman–Crippen MR) is 67.4 cm³/mol. The molecule has 2 rings (SSSR count). The van der Waals surface area contributed by atoms with Gasteiger partial charge in [-0.25, -0.2) is 4.79 Å². The van der Waals surface area contributed by atoms with Crippen LogP contribution in [0.5, 0.6) is 0 Å². The minimum atomic E-state index is -1.01. The Balaban J connectivity index is 2.27. The fraction of sp³-hybridized carbons (Fsp3) is 0.385. The highest BCUT2D eigenvalue weighted by Gasteiger charge is 2.38. The van der Waals surface area contributed by atoms with Crippen LogP contribution in [0.25, 0.3) is 0 Å². The average Bonchev–Trinajstić information content (AvgIpc) is 2.72. The molecule has 0 saturated carbocycles. The Morgan fingerprint density at radius 1 is 1.44 bits per heavy atom. The number of rotatable bonds is 4. The number of aliphatic carboxylic acids is 1. The van der Waals surface area contributed by atoms with Gasteiger partial charge in [0.25, 0.3) is 0 Å². The fourth-order valence-corrected chi connectivity index (χ4v) is 2.46. The number of halogens is 1. The van der Waals surface area contributed by atoms with Crippen molar-refractivity contribution in [2.75, 3.05) is 12.4 Å². The van der Waals surface area contributed by atoms with E-state index >= 15 is 0 Å². The Hall–Kier alpha value is -1.55. The molecular weight excluding hydrogens is 254 g/mol. The first-order valence-electron chi connectivity index (χ1n) is 5.76. The van der Waals surface area contributed by atoms with Crippen LogP contribution in [-0.4, -0.2) is 34.3 Å². The van der Waals surface area contributed by atoms with E-state index in [0.29, 0.717) is 24.4 Å². The van der Waals surface area contributed by atoms with E-state index in [1.165, 1.54) is 4.90 Å². The molecule has 1 N–H and O–H groups in total. The fourth-order valence-electron chi connectivity index (χ4n) is 2.25. The van der Waals surface area contributed by atoms with Crippen molar-refractivity contribution in [2.24, 2.45) is 5.92 Å². The van der Waals surface area contributed by atoms with Crippen molar-refractivity contribution in [3.63, 3.8) is 0 Å². The summed E-state index contributed by atoms with van der Waals surface area (Å²) in [6, 6.07) is 7.89. The lowest BCUT2D eigenvalue weighted by molar-refractivity contribution is -0.148. The van der Waals surface area contributed by atoms with E-state index in [0.717, 1.165) is 0 Å². The molecule has 1 saturated heterocycles. The normalized spacial score (nSPS) is 21.1. The third-order valence-electron chi connectivity index (χ3n) is 3.12. The number of carbonyl (C=O) groups excluding carboxylic acids is 1. The van der Waals surface area contributed by atoms with Crippen molar-refractivity contribution < 1.29 is 14.7 Å². The molecular formula is C13H14ClNO3. The third kappa shape index (κ3) is 2.48. The maximum absolute atomic E-state index is 11.9. The van der Waals surface area contributed by atoms with Gasteiger partial charge in [0.05, 0.1) is 0 Å². The average molecular weight is 268 g/mol. The van der Waals surface area contributed by atoms with E-state index in [9.17, 15) is 14.7 Å². The van der Waals surface area contributed by atoms with E-state index < -0.39 is 12.0 Å². The molecule has 0 bridgehead atoms. The first kappa shape index (κ1) is 12.9. The lowest BCUT2D eigenvalue weighted by Crippen LogP contribution is -2.35. The van der Waals surface area contributed by atoms with Crippen molar-refractivity contribution in [1.29, 1.82) is 0 Å². The monoisotopic (exact) mass is 267 g/mol. The number of carboxylic acids is 1. The van der Waals surface area contributed by atoms with Crippen LogP contribution in [0.3, 0.4) is 0 Å². The molecule has 0 radical (unpaired) electrons. The quantitative estimate of drug-likeness (QED) is 0.848. The van der Waals surface area contributed by atoms with Crippen LogP contribution >= 0.6 is 11.6 Å². The molecule has 2 atom stereocenters. The summed E-state index contributed by atoms with van der Waals surface area (Å²) >= 11 is 5.74. The highest BCUT2D eigenvalue weighted by Crippen LogP contribution is 2.29. The summed E-state index contributed by atoms with van der Waals surface area (Å²) in [7, 11) is 0. The molecule has 1 aromatic carbocycles. The molecule has 1 amide bonds. The summed E-state index contributed by atoms with van der Waals surface area (Å²) in [5.41, 5.74) is 0.619. The molecule has 0 spiro atoms. The molecule has 1 aromatic rings. The summed E-state index contributed by atoms with van der Waals surface area (Å²) in [5.74, 6) is -0.727. The summed E-state index contributed by atoms with van der Waals surface area (Å²) in [4.78, 5) is 24.7. The minimum absolute atomic E-state index is 0.0460. The van der Waals surface area contributed by atoms with Crippen LogP contribution in [0.1, 0.15) is 18.0 Å². The standard InChI is InChI=1S/C13H14ClNO3/c14-7-9-6-11(16)15(8-9)12(13(17)18)10-4-2-1-3-5-10/h1-5,9,12H,6-8H2,(H,17,18)/t9?,12-/m1/s1. The van der Waals surface area contributed by atoms with Crippen molar-refractivity contribution in [1.82, 2.24) is 4.90 Å². The second-order valence-electron chi connectivity index (χ2n) is 4.42. The Bertz CT molecular complexity index is 449. The highest BCUT2D eigenvalue weighted by molar-refractivity contribution is 6.18. The van der Waals surface area contributed by atoms with E-state index in [1.54, 1.807) is 24.3 Å². The SMILES string of the molecule is O=C(O)[C@@H](c1ccccc1)N1CC(CCl)CC1=O. The van der Waals surface area contributed by atoms with Crippen LogP contribution in [0, 0.1) is 5.92 Å². The smallest absolute Gasteiger partial charge is 0.331 e. The van der Waals surface area contributed by atoms with Gasteiger partial charge in [0, 0.05) is 18.8 Å². The molecule has 1 fully saturated rings. The summed E-state index contributed by atoms with van der Waals surface area (Å²) in [6.45, 7) is 0.411. The van der Waals surface area contributed by atoms with Gasteiger partial charge >= 0.3 is 5.97 Å². The van der Waals surface area contributed by atoms with Gasteiger partial charge < -0.3 is 10.0 Å². The molecule has 5 heteroatoms. The van der Waals surface area contributed by atoms with E-state index in [1.807, 2.05) is 6.07 Å². The van der Waals surface area contributed by atoms with Crippen LogP contribution in [-0.2, 0) is 9.59 Å². The second-order valence-corrected chi connectivity index (χ2v) is 4.73. The number of nitrogens with zero attached hydrogens (tertiary/aromatic N) is 1. The number of carbonyl (C=O) groups is 2. The molecule has 1 unspecified atom stereocenters. The van der Waals surface area contributed by atoms with Crippen molar-refractivity contribution >= 4 is 23.5 Å². The first-order valence-corrected chi connectivity index (χ1v) is 6.30. The van der Waals surface area contributed by atoms with Crippen molar-refractivity contribution in [2.45, 2.75) is 12.5 Å². The molecule has 1 aliphatic heterocycles. The predicted octanol–water partition coefficient (Wildman–Crippen LogP) is 1.90. The van der Waals surface area contributed by atoms with Gasteiger partial charge in [-0.1, -0.05) is 30.3 Å². The maximum atomic E-state index is 11.9. The summed E-state index contributed by atoms with van der Waals surface area (Å²) < 4.78 is 0. The van der Waals surface area contributed by atoms with Gasteiger partial charge in [-0.15, -0.1) is 11.6 Å². The van der Waals surface area contributed by atoms with E-state index in [-0.39, 0.29) is 11.8 Å². The number of alkyl halides is 1. The van der Waals surface area contributed by atoms with Crippen LogP contribution in [0.4, 0.5) is 0 Å². The number of amides is 1. The lowest BCUT2D eigenvalue weighted by Gasteiger charge is -2.24. The molecule has 1 aliphatic rings. The number of carboxylic acid groups (broad SMARTS) is 1. The first-order chi connectivity index (χ1) is 8.63. The Kier molecular flexibility index (Phi) is 3.87. The number of likely N-dealkylation sites (tertiary alicyclic amines) is 1. The van der Waals surface area contributed by atoms with Gasteiger partial charge in [-0.05, 0) is 11.5 Å². The second kappa shape index (κ2) is 5.40. The van der Waals surface area contributed by atoms with Gasteiger partial charge in [-0.3, -0.25) is 4.79 Å². The van der Waals surface area contributed by atoms with E-state index in [4.69, 9.17) is 11.6 Å². The molecule has 18 heavy (non-hydrogen) atoms. The summed E-state index contributed by atoms with van der Waals surface area (Å²) in [6.07, 6.45) is 0.333. The molecule has 0 aromatic heterocycles. The third-order valence-corrected chi connectivity index (χ3v) is 3.55. The zero-order valence-electron chi connectivity index (χ0n) is 9.75. The largest absolute Gasteiger partial charge is 0.479 e. The molecule has 96 valence electrons. The van der Waals surface area contributed by atoms with Gasteiger partial charge in [-0.2, -0.15) is 0 Å². The molecule has 0 aliphatic carbocycles. The molecule has 1 heterocycles. The maximum Gasteiger partial charge on any atom is 0.331 e. The van der Waals surface area contributed by atoms with Crippen molar-refractivity contribution in [3.05, 3.63) is 35.9 Å².